The van der Waals surface area contributed by atoms with E-state index in [9.17, 15) is 0 Å². The van der Waals surface area contributed by atoms with Crippen LogP contribution < -0.4 is 9.47 Å². The predicted molar refractivity (Wildman–Crippen MR) is 68.2 cm³/mol. The molecule has 7 heteroatoms. The van der Waals surface area contributed by atoms with Gasteiger partial charge in [0.05, 0.1) is 19.9 Å². The lowest BCUT2D eigenvalue weighted by molar-refractivity contribution is 0.339. The van der Waals surface area contributed by atoms with Gasteiger partial charge in [-0.25, -0.2) is 4.98 Å². The summed E-state index contributed by atoms with van der Waals surface area (Å²) in [6.07, 6.45) is 3.30. The lowest BCUT2D eigenvalue weighted by Gasteiger charge is -2.06. The van der Waals surface area contributed by atoms with Crippen LogP contribution in [-0.2, 0) is 0 Å². The Morgan fingerprint density at radius 2 is 2.17 bits per heavy atom. The molecule has 0 bridgehead atoms. The molecule has 18 heavy (non-hydrogen) atoms. The van der Waals surface area contributed by atoms with Gasteiger partial charge in [-0.3, -0.25) is 9.97 Å². The van der Waals surface area contributed by atoms with E-state index in [0.29, 0.717) is 24.2 Å². The molecule has 0 fully saturated rings. The molecule has 0 spiro atoms. The van der Waals surface area contributed by atoms with Crippen LogP contribution in [0.5, 0.6) is 11.8 Å². The Morgan fingerprint density at radius 3 is 2.89 bits per heavy atom. The summed E-state index contributed by atoms with van der Waals surface area (Å²) in [7, 11) is 1.51. The van der Waals surface area contributed by atoms with E-state index < -0.39 is 0 Å². The first-order valence-electron chi connectivity index (χ1n) is 5.33. The molecule has 1 N–H and O–H groups in total. The van der Waals surface area contributed by atoms with Crippen molar-refractivity contribution < 1.29 is 9.47 Å². The molecule has 0 aliphatic rings. The van der Waals surface area contributed by atoms with Crippen LogP contribution in [0.3, 0.4) is 0 Å². The molecule has 0 aliphatic carbocycles. The molecule has 0 aromatic carbocycles. The molecule has 0 saturated heterocycles. The number of rotatable bonds is 4. The van der Waals surface area contributed by atoms with Gasteiger partial charge in [-0.2, -0.15) is 4.98 Å². The average Bonchev–Trinajstić information content (AvgIpc) is 2.39. The first-order valence-corrected chi connectivity index (χ1v) is 5.74. The highest BCUT2D eigenvalue weighted by molar-refractivity contribution is 7.71. The number of hydrogen-bond donors (Lipinski definition) is 1. The van der Waals surface area contributed by atoms with Gasteiger partial charge in [-0.1, -0.05) is 0 Å². The molecule has 0 aliphatic heterocycles. The van der Waals surface area contributed by atoms with Gasteiger partial charge in [0.2, 0.25) is 4.77 Å². The summed E-state index contributed by atoms with van der Waals surface area (Å²) in [6, 6.07) is 2.13. The minimum absolute atomic E-state index is 0.211. The van der Waals surface area contributed by atoms with Crippen molar-refractivity contribution in [1.29, 1.82) is 0 Å². The van der Waals surface area contributed by atoms with Crippen LogP contribution >= 0.6 is 12.2 Å². The quantitative estimate of drug-likeness (QED) is 0.851. The number of hydrogen-bond acceptors (Lipinski definition) is 6. The van der Waals surface area contributed by atoms with Crippen molar-refractivity contribution in [1.82, 2.24) is 19.9 Å². The molecule has 2 heterocycles. The van der Waals surface area contributed by atoms with E-state index >= 15 is 0 Å². The average molecular weight is 264 g/mol. The topological polar surface area (TPSA) is 72.9 Å². The van der Waals surface area contributed by atoms with E-state index in [0.717, 1.165) is 5.56 Å². The number of aromatic nitrogens is 4. The molecule has 94 valence electrons. The van der Waals surface area contributed by atoms with Crippen LogP contribution in [0.2, 0.25) is 0 Å². The Labute approximate surface area is 109 Å². The zero-order valence-electron chi connectivity index (χ0n) is 10.0. The largest absolute Gasteiger partial charge is 0.492 e. The monoisotopic (exact) mass is 264 g/mol. The van der Waals surface area contributed by atoms with Gasteiger partial charge < -0.3 is 9.47 Å². The van der Waals surface area contributed by atoms with Gasteiger partial charge in [0.1, 0.15) is 11.6 Å². The van der Waals surface area contributed by atoms with E-state index in [1.807, 2.05) is 13.0 Å². The maximum Gasteiger partial charge on any atom is 0.297 e. The molecule has 0 unspecified atom stereocenters. The zero-order valence-corrected chi connectivity index (χ0v) is 10.8. The standard InChI is InChI=1S/C11H12N4O2S/c1-3-17-8-4-7(5-12-6-8)9-13-10(16-2)15-11(18)14-9/h4-6H,3H2,1-2H3,(H,13,14,15,18). The van der Waals surface area contributed by atoms with Crippen LogP contribution in [0.1, 0.15) is 6.92 Å². The highest BCUT2D eigenvalue weighted by atomic mass is 32.1. The smallest absolute Gasteiger partial charge is 0.297 e. The van der Waals surface area contributed by atoms with Crippen molar-refractivity contribution in [3.63, 3.8) is 0 Å². The third-order valence-electron chi connectivity index (χ3n) is 2.12. The summed E-state index contributed by atoms with van der Waals surface area (Å²) in [5.74, 6) is 1.22. The Balaban J connectivity index is 2.44. The second-order valence-corrected chi connectivity index (χ2v) is 3.70. The highest BCUT2D eigenvalue weighted by Gasteiger charge is 2.05. The van der Waals surface area contributed by atoms with Crippen molar-refractivity contribution in [3.8, 4) is 23.1 Å². The Morgan fingerprint density at radius 1 is 1.33 bits per heavy atom. The lowest BCUT2D eigenvalue weighted by atomic mass is 10.2. The number of nitrogens with zero attached hydrogens (tertiary/aromatic N) is 3. The SMILES string of the molecule is CCOc1cncc(-c2nc(=S)nc(OC)[nH]2)c1. The second-order valence-electron chi connectivity index (χ2n) is 3.33. The van der Waals surface area contributed by atoms with Gasteiger partial charge in [0, 0.05) is 11.8 Å². The van der Waals surface area contributed by atoms with Crippen molar-refractivity contribution in [3.05, 3.63) is 23.2 Å². The summed E-state index contributed by atoms with van der Waals surface area (Å²) in [4.78, 5) is 15.0. The van der Waals surface area contributed by atoms with Gasteiger partial charge in [-0.15, -0.1) is 0 Å². The van der Waals surface area contributed by atoms with Gasteiger partial charge >= 0.3 is 0 Å². The number of nitrogens with one attached hydrogen (secondary N) is 1. The molecule has 2 aromatic rings. The fraction of sp³-hybridized carbons (Fsp3) is 0.273. The molecule has 2 rings (SSSR count). The number of ether oxygens (including phenoxy) is 2. The van der Waals surface area contributed by atoms with Crippen molar-refractivity contribution in [2.24, 2.45) is 0 Å². The fourth-order valence-corrected chi connectivity index (χ4v) is 1.57. The third kappa shape index (κ3) is 2.80. The summed E-state index contributed by atoms with van der Waals surface area (Å²) < 4.78 is 10.6. The summed E-state index contributed by atoms with van der Waals surface area (Å²) >= 11 is 4.96. The first kappa shape index (κ1) is 12.4. The van der Waals surface area contributed by atoms with E-state index in [2.05, 4.69) is 19.9 Å². The second kappa shape index (κ2) is 5.54. The molecule has 0 saturated carbocycles. The Bertz CT molecular complexity index is 600. The fourth-order valence-electron chi connectivity index (χ4n) is 1.39. The molecule has 0 atom stereocenters. The molecular weight excluding hydrogens is 252 g/mol. The maximum absolute atomic E-state index is 5.38. The van der Waals surface area contributed by atoms with Crippen LogP contribution in [-0.4, -0.2) is 33.7 Å². The summed E-state index contributed by atoms with van der Waals surface area (Å²) in [5, 5.41) is 0. The Kier molecular flexibility index (Phi) is 3.83. The van der Waals surface area contributed by atoms with E-state index in [1.54, 1.807) is 12.4 Å². The molecular formula is C11H12N4O2S. The molecule has 0 radical (unpaired) electrons. The number of methoxy groups -OCH3 is 1. The summed E-state index contributed by atoms with van der Waals surface area (Å²) in [6.45, 7) is 2.49. The van der Waals surface area contributed by atoms with Gasteiger partial charge in [0.15, 0.2) is 0 Å². The number of aromatic amines is 1. The van der Waals surface area contributed by atoms with Gasteiger partial charge in [0.25, 0.3) is 6.01 Å². The van der Waals surface area contributed by atoms with Crippen LogP contribution in [0, 0.1) is 4.77 Å². The van der Waals surface area contributed by atoms with Crippen LogP contribution in [0.25, 0.3) is 11.4 Å². The van der Waals surface area contributed by atoms with Crippen LogP contribution in [0.4, 0.5) is 0 Å². The third-order valence-corrected chi connectivity index (χ3v) is 2.30. The van der Waals surface area contributed by atoms with E-state index in [4.69, 9.17) is 21.7 Å². The molecule has 0 amide bonds. The number of pyridine rings is 1. The molecule has 2 aromatic heterocycles. The zero-order chi connectivity index (χ0) is 13.0. The van der Waals surface area contributed by atoms with Gasteiger partial charge in [-0.05, 0) is 25.2 Å². The van der Waals surface area contributed by atoms with Crippen molar-refractivity contribution in [2.45, 2.75) is 6.92 Å². The normalized spacial score (nSPS) is 10.1. The van der Waals surface area contributed by atoms with Crippen molar-refractivity contribution in [2.75, 3.05) is 13.7 Å². The molecule has 6 nitrogen and oxygen atoms in total. The highest BCUT2D eigenvalue weighted by Crippen LogP contribution is 2.20. The van der Waals surface area contributed by atoms with Crippen molar-refractivity contribution >= 4 is 12.2 Å². The minimum atomic E-state index is 0.211. The van der Waals surface area contributed by atoms with E-state index in [1.165, 1.54) is 7.11 Å². The lowest BCUT2D eigenvalue weighted by Crippen LogP contribution is -1.99. The number of H-pyrrole nitrogens is 1. The Hall–Kier alpha value is -2.02. The predicted octanol–water partition coefficient (Wildman–Crippen LogP) is 2.00. The summed E-state index contributed by atoms with van der Waals surface area (Å²) in [5.41, 5.74) is 0.757. The minimum Gasteiger partial charge on any atom is -0.492 e. The first-order chi connectivity index (χ1) is 8.72. The van der Waals surface area contributed by atoms with Crippen LogP contribution in [0.15, 0.2) is 18.5 Å². The van der Waals surface area contributed by atoms with E-state index in [-0.39, 0.29) is 4.77 Å². The maximum atomic E-state index is 5.38.